The first-order valence-corrected chi connectivity index (χ1v) is 9.80. The van der Waals surface area contributed by atoms with Crippen LogP contribution < -0.4 is 15.4 Å². The van der Waals surface area contributed by atoms with Gasteiger partial charge >= 0.3 is 12.2 Å². The first kappa shape index (κ1) is 21.7. The zero-order chi connectivity index (χ0) is 21.9. The summed E-state index contributed by atoms with van der Waals surface area (Å²) < 4.78 is 16.5. The average molecular weight is 420 g/mol. The Morgan fingerprint density at radius 1 is 0.742 bits per heavy atom. The van der Waals surface area contributed by atoms with E-state index < -0.39 is 18.3 Å². The van der Waals surface area contributed by atoms with Crippen LogP contribution in [-0.4, -0.2) is 31.5 Å². The van der Waals surface area contributed by atoms with Crippen molar-refractivity contribution >= 4 is 23.6 Å². The highest BCUT2D eigenvalue weighted by molar-refractivity contribution is 5.85. The number of ether oxygens (including phenoxy) is 3. The van der Waals surface area contributed by atoms with Crippen LogP contribution in [0.25, 0.3) is 0 Å². The predicted octanol–water partition coefficient (Wildman–Crippen LogP) is 5.24. The number of hydrogen-bond acceptors (Lipinski definition) is 5. The fraction of sp³-hybridized carbons (Fsp3) is 0.167. The summed E-state index contributed by atoms with van der Waals surface area (Å²) in [6.45, 7) is 1.76. The van der Waals surface area contributed by atoms with E-state index in [0.29, 0.717) is 17.1 Å². The van der Waals surface area contributed by atoms with E-state index in [2.05, 4.69) is 10.6 Å². The highest BCUT2D eigenvalue weighted by atomic mass is 16.6. The van der Waals surface area contributed by atoms with Crippen LogP contribution in [0.2, 0.25) is 0 Å². The lowest BCUT2D eigenvalue weighted by Crippen LogP contribution is -2.33. The lowest BCUT2D eigenvalue weighted by Gasteiger charge is -2.19. The van der Waals surface area contributed by atoms with Gasteiger partial charge in [0, 0.05) is 11.4 Å². The molecule has 0 radical (unpaired) electrons. The minimum Gasteiger partial charge on any atom is -0.489 e. The standard InChI is InChI=1S/C24H24N2O5/c1-18-10-8-9-15-22(18)29-16-21(31-24(28)26-20-13-6-3-7-14-20)17-30-23(27)25-19-11-4-2-5-12-19/h2-15,21H,16-17H2,1H3,(H,25,27)(H,26,28)/t21-/m0/s1. The highest BCUT2D eigenvalue weighted by Crippen LogP contribution is 2.17. The van der Waals surface area contributed by atoms with Crippen LogP contribution in [0.4, 0.5) is 21.0 Å². The van der Waals surface area contributed by atoms with Crippen LogP contribution in [0, 0.1) is 6.92 Å². The fourth-order valence-electron chi connectivity index (χ4n) is 2.68. The van der Waals surface area contributed by atoms with E-state index in [1.54, 1.807) is 48.5 Å². The van der Waals surface area contributed by atoms with E-state index in [-0.39, 0.29) is 13.2 Å². The summed E-state index contributed by atoms with van der Waals surface area (Å²) >= 11 is 0. The Labute approximate surface area is 180 Å². The second-order valence-electron chi connectivity index (χ2n) is 6.68. The van der Waals surface area contributed by atoms with Crippen LogP contribution in [0.1, 0.15) is 5.56 Å². The molecular weight excluding hydrogens is 396 g/mol. The Balaban J connectivity index is 1.58. The van der Waals surface area contributed by atoms with Crippen molar-refractivity contribution in [2.75, 3.05) is 23.8 Å². The quantitative estimate of drug-likeness (QED) is 0.520. The number of benzene rings is 3. The lowest BCUT2D eigenvalue weighted by molar-refractivity contribution is 0.0288. The van der Waals surface area contributed by atoms with Crippen LogP contribution >= 0.6 is 0 Å². The normalized spacial score (nSPS) is 11.1. The monoisotopic (exact) mass is 420 g/mol. The summed E-state index contributed by atoms with van der Waals surface area (Å²) in [5, 5.41) is 5.25. The third kappa shape index (κ3) is 7.40. The Hall–Kier alpha value is -4.00. The van der Waals surface area contributed by atoms with Crippen molar-refractivity contribution in [3.05, 3.63) is 90.5 Å². The molecule has 2 N–H and O–H groups in total. The zero-order valence-electron chi connectivity index (χ0n) is 17.1. The molecule has 1 atom stereocenters. The van der Waals surface area contributed by atoms with Crippen molar-refractivity contribution in [3.8, 4) is 5.75 Å². The van der Waals surface area contributed by atoms with Crippen LogP contribution in [0.3, 0.4) is 0 Å². The maximum absolute atomic E-state index is 12.3. The van der Waals surface area contributed by atoms with E-state index in [9.17, 15) is 9.59 Å². The van der Waals surface area contributed by atoms with Gasteiger partial charge in [-0.05, 0) is 42.8 Å². The Morgan fingerprint density at radius 2 is 1.29 bits per heavy atom. The molecule has 0 unspecified atom stereocenters. The van der Waals surface area contributed by atoms with Gasteiger partial charge in [0.15, 0.2) is 6.10 Å². The molecule has 3 aromatic carbocycles. The largest absolute Gasteiger partial charge is 0.489 e. The van der Waals surface area contributed by atoms with Gasteiger partial charge in [-0.15, -0.1) is 0 Å². The summed E-state index contributed by atoms with van der Waals surface area (Å²) in [6.07, 6.45) is -2.14. The number of para-hydroxylation sites is 3. The van der Waals surface area contributed by atoms with Crippen molar-refractivity contribution in [2.45, 2.75) is 13.0 Å². The fourth-order valence-corrected chi connectivity index (χ4v) is 2.68. The van der Waals surface area contributed by atoms with Crippen molar-refractivity contribution in [1.82, 2.24) is 0 Å². The second kappa shape index (κ2) is 11.3. The molecule has 0 aromatic heterocycles. The molecule has 3 aromatic rings. The molecule has 160 valence electrons. The van der Waals surface area contributed by atoms with Gasteiger partial charge in [0.1, 0.15) is 19.0 Å². The van der Waals surface area contributed by atoms with Crippen molar-refractivity contribution in [1.29, 1.82) is 0 Å². The molecule has 0 saturated heterocycles. The van der Waals surface area contributed by atoms with Gasteiger partial charge in [0.05, 0.1) is 0 Å². The molecule has 0 aliphatic heterocycles. The van der Waals surface area contributed by atoms with Crippen LogP contribution in [0.5, 0.6) is 5.75 Å². The summed E-state index contributed by atoms with van der Waals surface area (Å²) in [5.41, 5.74) is 2.13. The van der Waals surface area contributed by atoms with Gasteiger partial charge in [-0.25, -0.2) is 9.59 Å². The molecule has 31 heavy (non-hydrogen) atoms. The molecule has 2 amide bonds. The highest BCUT2D eigenvalue weighted by Gasteiger charge is 2.19. The molecule has 0 bridgehead atoms. The first-order valence-electron chi connectivity index (χ1n) is 9.80. The molecule has 0 aliphatic rings. The van der Waals surface area contributed by atoms with Gasteiger partial charge in [0.25, 0.3) is 0 Å². The van der Waals surface area contributed by atoms with E-state index in [4.69, 9.17) is 14.2 Å². The van der Waals surface area contributed by atoms with E-state index in [0.717, 1.165) is 5.56 Å². The smallest absolute Gasteiger partial charge is 0.412 e. The topological polar surface area (TPSA) is 85.9 Å². The van der Waals surface area contributed by atoms with Gasteiger partial charge < -0.3 is 14.2 Å². The lowest BCUT2D eigenvalue weighted by atomic mass is 10.2. The maximum atomic E-state index is 12.3. The van der Waals surface area contributed by atoms with Gasteiger partial charge in [0.2, 0.25) is 0 Å². The van der Waals surface area contributed by atoms with E-state index in [1.165, 1.54) is 0 Å². The molecule has 3 rings (SSSR count). The summed E-state index contributed by atoms with van der Waals surface area (Å²) in [6, 6.07) is 25.3. The van der Waals surface area contributed by atoms with Gasteiger partial charge in [-0.3, -0.25) is 10.6 Å². The molecule has 0 fully saturated rings. The Morgan fingerprint density at radius 3 is 1.90 bits per heavy atom. The predicted molar refractivity (Wildman–Crippen MR) is 118 cm³/mol. The zero-order valence-corrected chi connectivity index (χ0v) is 17.1. The minimum absolute atomic E-state index is 0.0195. The third-order valence-electron chi connectivity index (χ3n) is 4.23. The Bertz CT molecular complexity index is 980. The Kier molecular flexibility index (Phi) is 7.88. The first-order chi connectivity index (χ1) is 15.1. The van der Waals surface area contributed by atoms with E-state index in [1.807, 2.05) is 43.3 Å². The van der Waals surface area contributed by atoms with Gasteiger partial charge in [-0.2, -0.15) is 0 Å². The van der Waals surface area contributed by atoms with Crippen molar-refractivity contribution < 1.29 is 23.8 Å². The molecule has 0 aliphatic carbocycles. The molecule has 7 heteroatoms. The summed E-state index contributed by atoms with van der Waals surface area (Å²) in [5.74, 6) is 0.660. The second-order valence-corrected chi connectivity index (χ2v) is 6.68. The number of anilines is 2. The minimum atomic E-state index is -0.815. The molecule has 0 heterocycles. The molecule has 7 nitrogen and oxygen atoms in total. The summed E-state index contributed by atoms with van der Waals surface area (Å²) in [4.78, 5) is 24.4. The number of aryl methyl sites for hydroxylation is 1. The molecular formula is C24H24N2O5. The van der Waals surface area contributed by atoms with Crippen molar-refractivity contribution in [3.63, 3.8) is 0 Å². The number of carbonyl (C=O) groups is 2. The van der Waals surface area contributed by atoms with E-state index >= 15 is 0 Å². The maximum Gasteiger partial charge on any atom is 0.412 e. The number of carbonyl (C=O) groups excluding carboxylic acids is 2. The number of nitrogens with one attached hydrogen (secondary N) is 2. The van der Waals surface area contributed by atoms with Crippen LogP contribution in [-0.2, 0) is 9.47 Å². The number of amides is 2. The molecule has 0 spiro atoms. The van der Waals surface area contributed by atoms with Crippen LogP contribution in [0.15, 0.2) is 84.9 Å². The SMILES string of the molecule is Cc1ccccc1OC[C@@H](COC(=O)Nc1ccccc1)OC(=O)Nc1ccccc1. The van der Waals surface area contributed by atoms with Gasteiger partial charge in [-0.1, -0.05) is 54.6 Å². The number of rotatable bonds is 8. The average Bonchev–Trinajstić information content (AvgIpc) is 2.78. The van der Waals surface area contributed by atoms with Crippen molar-refractivity contribution in [2.24, 2.45) is 0 Å². The summed E-state index contributed by atoms with van der Waals surface area (Å²) in [7, 11) is 0. The molecule has 0 saturated carbocycles. The third-order valence-corrected chi connectivity index (χ3v) is 4.23. The number of hydrogen-bond donors (Lipinski definition) is 2.